The lowest BCUT2D eigenvalue weighted by atomic mass is 10.1. The number of benzene rings is 2. The minimum atomic E-state index is -0.530. The van der Waals surface area contributed by atoms with Crippen molar-refractivity contribution in [2.45, 2.75) is 0 Å². The van der Waals surface area contributed by atoms with Crippen LogP contribution in [0.15, 0.2) is 60.8 Å². The van der Waals surface area contributed by atoms with Crippen molar-refractivity contribution in [3.63, 3.8) is 0 Å². The number of hydrogen-bond donors (Lipinski definition) is 3. The van der Waals surface area contributed by atoms with Gasteiger partial charge in [0.15, 0.2) is 0 Å². The Kier molecular flexibility index (Phi) is 4.91. The van der Waals surface area contributed by atoms with Crippen molar-refractivity contribution in [3.05, 3.63) is 77.1 Å². The van der Waals surface area contributed by atoms with E-state index < -0.39 is 12.1 Å². The number of carbonyl (C=O) groups excluding carboxylic acids is 3. The zero-order valence-corrected chi connectivity index (χ0v) is 17.5. The monoisotopic (exact) mass is 447 g/mol. The van der Waals surface area contributed by atoms with E-state index >= 15 is 0 Å². The highest BCUT2D eigenvalue weighted by atomic mass is 35.5. The fourth-order valence-corrected chi connectivity index (χ4v) is 3.91. The van der Waals surface area contributed by atoms with Crippen LogP contribution in [-0.4, -0.2) is 40.9 Å². The molecule has 0 saturated carbocycles. The van der Waals surface area contributed by atoms with Gasteiger partial charge in [0.2, 0.25) is 0 Å². The van der Waals surface area contributed by atoms with E-state index in [9.17, 15) is 14.4 Å². The summed E-state index contributed by atoms with van der Waals surface area (Å²) in [6, 6.07) is 14.8. The maximum absolute atomic E-state index is 12.7. The molecule has 1 saturated heterocycles. The van der Waals surface area contributed by atoms with E-state index in [1.165, 1.54) is 4.90 Å². The smallest absolute Gasteiger partial charge is 0.332 e. The molecule has 9 heteroatoms. The average molecular weight is 448 g/mol. The molecule has 3 heterocycles. The number of H-pyrrole nitrogens is 1. The molecule has 8 nitrogen and oxygen atoms in total. The van der Waals surface area contributed by atoms with Crippen molar-refractivity contribution in [1.82, 2.24) is 9.88 Å². The molecular formula is C23H18ClN5O3. The summed E-state index contributed by atoms with van der Waals surface area (Å²) in [6.07, 6.45) is 3.56. The summed E-state index contributed by atoms with van der Waals surface area (Å²) in [5, 5.41) is 6.13. The number of imide groups is 1. The molecule has 5 amide bonds. The molecule has 3 aromatic rings. The summed E-state index contributed by atoms with van der Waals surface area (Å²) in [6.45, 7) is 0.652. The van der Waals surface area contributed by atoms with Gasteiger partial charge in [-0.2, -0.15) is 0 Å². The van der Waals surface area contributed by atoms with Gasteiger partial charge in [-0.15, -0.1) is 0 Å². The van der Waals surface area contributed by atoms with E-state index in [0.717, 1.165) is 16.2 Å². The topological polar surface area (TPSA) is 97.5 Å². The molecule has 5 rings (SSSR count). The molecule has 0 radical (unpaired) electrons. The molecule has 0 atom stereocenters. The molecule has 0 bridgehead atoms. The van der Waals surface area contributed by atoms with E-state index in [0.29, 0.717) is 34.2 Å². The number of anilines is 3. The molecule has 2 aliphatic rings. The van der Waals surface area contributed by atoms with Crippen LogP contribution < -0.4 is 15.5 Å². The van der Waals surface area contributed by atoms with Crippen molar-refractivity contribution >= 4 is 58.3 Å². The van der Waals surface area contributed by atoms with Gasteiger partial charge in [-0.25, -0.2) is 14.5 Å². The fraction of sp³-hybridized carbons (Fsp3) is 0.0870. The predicted molar refractivity (Wildman–Crippen MR) is 124 cm³/mol. The quantitative estimate of drug-likeness (QED) is 0.510. The molecule has 0 unspecified atom stereocenters. The molecule has 0 spiro atoms. The number of rotatable bonds is 3. The first-order chi connectivity index (χ1) is 15.5. The Morgan fingerprint density at radius 1 is 1.06 bits per heavy atom. The predicted octanol–water partition coefficient (Wildman–Crippen LogP) is 4.63. The number of fused-ring (bicyclic) bond motifs is 1. The third kappa shape index (κ3) is 3.61. The van der Waals surface area contributed by atoms with Gasteiger partial charge in [-0.3, -0.25) is 9.69 Å². The number of carbonyl (C=O) groups is 3. The molecule has 3 N–H and O–H groups in total. The van der Waals surface area contributed by atoms with Crippen LogP contribution in [0.25, 0.3) is 11.6 Å². The van der Waals surface area contributed by atoms with Crippen LogP contribution in [0, 0.1) is 0 Å². The number of amides is 5. The molecule has 2 aliphatic heterocycles. The van der Waals surface area contributed by atoms with Crippen LogP contribution in [-0.2, 0) is 4.79 Å². The largest absolute Gasteiger partial charge is 0.362 e. The van der Waals surface area contributed by atoms with Crippen molar-refractivity contribution in [1.29, 1.82) is 0 Å². The zero-order chi connectivity index (χ0) is 22.2. The zero-order valence-electron chi connectivity index (χ0n) is 16.8. The summed E-state index contributed by atoms with van der Waals surface area (Å²) in [4.78, 5) is 43.6. The van der Waals surface area contributed by atoms with Gasteiger partial charge in [-0.05, 0) is 54.6 Å². The van der Waals surface area contributed by atoms with Crippen molar-refractivity contribution in [3.8, 4) is 0 Å². The summed E-state index contributed by atoms with van der Waals surface area (Å²) in [5.41, 5.74) is 3.85. The van der Waals surface area contributed by atoms with Crippen molar-refractivity contribution in [2.75, 3.05) is 28.6 Å². The van der Waals surface area contributed by atoms with E-state index in [1.54, 1.807) is 54.7 Å². The Labute approximate surface area is 188 Å². The first kappa shape index (κ1) is 19.9. The molecule has 1 fully saturated rings. The molecular weight excluding hydrogens is 430 g/mol. The molecule has 160 valence electrons. The van der Waals surface area contributed by atoms with Gasteiger partial charge in [0.25, 0.3) is 5.91 Å². The number of urea groups is 2. The number of aromatic nitrogens is 1. The van der Waals surface area contributed by atoms with E-state index in [4.69, 9.17) is 11.6 Å². The molecule has 32 heavy (non-hydrogen) atoms. The molecule has 0 aliphatic carbocycles. The second-order valence-electron chi connectivity index (χ2n) is 7.39. The highest BCUT2D eigenvalue weighted by Gasteiger charge is 2.34. The lowest BCUT2D eigenvalue weighted by molar-refractivity contribution is -0.110. The summed E-state index contributed by atoms with van der Waals surface area (Å²) >= 11 is 5.91. The molecule has 1 aromatic heterocycles. The van der Waals surface area contributed by atoms with E-state index in [2.05, 4.69) is 15.6 Å². The average Bonchev–Trinajstić information content (AvgIpc) is 3.49. The van der Waals surface area contributed by atoms with Crippen LogP contribution in [0.2, 0.25) is 5.02 Å². The van der Waals surface area contributed by atoms with Crippen LogP contribution in [0.1, 0.15) is 11.3 Å². The van der Waals surface area contributed by atoms with Gasteiger partial charge in [0.05, 0.1) is 17.8 Å². The maximum atomic E-state index is 12.7. The normalized spacial score (nSPS) is 16.5. The highest BCUT2D eigenvalue weighted by Crippen LogP contribution is 2.35. The Morgan fingerprint density at radius 3 is 2.62 bits per heavy atom. The number of nitrogens with one attached hydrogen (secondary N) is 3. The van der Waals surface area contributed by atoms with E-state index in [1.807, 2.05) is 12.1 Å². The first-order valence-corrected chi connectivity index (χ1v) is 10.3. The lowest BCUT2D eigenvalue weighted by Crippen LogP contribution is -2.39. The third-order valence-electron chi connectivity index (χ3n) is 5.37. The van der Waals surface area contributed by atoms with Crippen molar-refractivity contribution < 1.29 is 14.4 Å². The van der Waals surface area contributed by atoms with Crippen LogP contribution in [0.3, 0.4) is 0 Å². The second-order valence-corrected chi connectivity index (χ2v) is 7.83. The standard InChI is InChI=1S/C23H18ClN5O3/c24-14-3-6-17(7-4-14)28-10-11-29(23(28)32)22(31)26-16-5-8-18-19(12-15-2-1-9-25-15)21(30)27-20(18)13-16/h1-9,12-13,25H,10-11H2,(H,26,31)(H,27,30). The number of aromatic amines is 1. The summed E-state index contributed by atoms with van der Waals surface area (Å²) in [7, 11) is 0. The van der Waals surface area contributed by atoms with Crippen LogP contribution in [0.4, 0.5) is 26.7 Å². The van der Waals surface area contributed by atoms with Crippen LogP contribution in [0.5, 0.6) is 0 Å². The van der Waals surface area contributed by atoms with Crippen molar-refractivity contribution in [2.24, 2.45) is 0 Å². The second kappa shape index (κ2) is 7.90. The summed E-state index contributed by atoms with van der Waals surface area (Å²) in [5.74, 6) is -0.216. The summed E-state index contributed by atoms with van der Waals surface area (Å²) < 4.78 is 0. The number of halogens is 1. The van der Waals surface area contributed by atoms with Gasteiger partial charge in [0, 0.05) is 40.4 Å². The van der Waals surface area contributed by atoms with E-state index in [-0.39, 0.29) is 12.5 Å². The SMILES string of the molecule is O=C1Nc2cc(NC(=O)N3CCN(c4ccc(Cl)cc4)C3=O)ccc2C1=Cc1ccc[nH]1. The van der Waals surface area contributed by atoms with Gasteiger partial charge in [-0.1, -0.05) is 17.7 Å². The Morgan fingerprint density at radius 2 is 1.88 bits per heavy atom. The van der Waals surface area contributed by atoms with Gasteiger partial charge in [0.1, 0.15) is 0 Å². The third-order valence-corrected chi connectivity index (χ3v) is 5.62. The Balaban J connectivity index is 1.31. The lowest BCUT2D eigenvalue weighted by Gasteiger charge is -2.18. The number of nitrogens with zero attached hydrogens (tertiary/aromatic N) is 2. The molecule has 2 aromatic carbocycles. The Bertz CT molecular complexity index is 1250. The van der Waals surface area contributed by atoms with Gasteiger partial charge >= 0.3 is 12.1 Å². The van der Waals surface area contributed by atoms with Crippen LogP contribution >= 0.6 is 11.6 Å². The number of hydrogen-bond acceptors (Lipinski definition) is 3. The minimum Gasteiger partial charge on any atom is -0.362 e. The first-order valence-electron chi connectivity index (χ1n) is 9.96. The minimum absolute atomic E-state index is 0.216. The highest BCUT2D eigenvalue weighted by molar-refractivity contribution is 6.35. The van der Waals surface area contributed by atoms with Gasteiger partial charge < -0.3 is 15.6 Å². The maximum Gasteiger partial charge on any atom is 0.332 e. The fourth-order valence-electron chi connectivity index (χ4n) is 3.78. The Hall–Kier alpha value is -4.04.